The molecule has 0 radical (unpaired) electrons. The van der Waals surface area contributed by atoms with E-state index in [0.717, 1.165) is 79.1 Å². The molecule has 0 aliphatic carbocycles. The van der Waals surface area contributed by atoms with Crippen molar-refractivity contribution < 1.29 is 4.42 Å². The van der Waals surface area contributed by atoms with E-state index in [1.54, 1.807) is 0 Å². The monoisotopic (exact) mass is 843 g/mol. The molecule has 2 aliphatic heterocycles. The lowest BCUT2D eigenvalue weighted by atomic mass is 9.83. The molecule has 7 heteroatoms. The average molecular weight is 844 g/mol. The minimum atomic E-state index is -0.303. The zero-order valence-electron chi connectivity index (χ0n) is 35.0. The second-order valence-corrected chi connectivity index (χ2v) is 17.5. The first-order valence-corrected chi connectivity index (χ1v) is 22.7. The van der Waals surface area contributed by atoms with E-state index in [1.807, 2.05) is 65.9 Å². The van der Waals surface area contributed by atoms with Crippen molar-refractivity contribution in [3.8, 4) is 11.1 Å². The Morgan fingerprint density at radius 3 is 1.92 bits per heavy atom. The first-order chi connectivity index (χ1) is 31.7. The summed E-state index contributed by atoms with van der Waals surface area (Å²) in [6, 6.07) is 67.9. The van der Waals surface area contributed by atoms with Crippen LogP contribution in [0.4, 0.5) is 0 Å². The lowest BCUT2D eigenvalue weighted by Crippen LogP contribution is -2.33. The summed E-state index contributed by atoms with van der Waals surface area (Å²) in [5, 5.41) is 8.09. The molecule has 2 aromatic heterocycles. The molecule has 3 unspecified atom stereocenters. The maximum Gasteiger partial charge on any atom is 0.160 e. The van der Waals surface area contributed by atoms with E-state index in [2.05, 4.69) is 152 Å². The van der Waals surface area contributed by atoms with Gasteiger partial charge in [0.15, 0.2) is 11.7 Å². The zero-order chi connectivity index (χ0) is 42.6. The Hall–Kier alpha value is -7.74. The van der Waals surface area contributed by atoms with Gasteiger partial charge in [0.05, 0.1) is 11.8 Å². The second kappa shape index (κ2) is 15.9. The van der Waals surface area contributed by atoms with Crippen molar-refractivity contribution in [2.24, 2.45) is 25.9 Å². The lowest BCUT2D eigenvalue weighted by Gasteiger charge is -2.30. The zero-order valence-corrected chi connectivity index (χ0v) is 35.8. The van der Waals surface area contributed by atoms with Gasteiger partial charge in [0.1, 0.15) is 23.2 Å². The quantitative estimate of drug-likeness (QED) is 0.165. The molecule has 0 saturated carbocycles. The van der Waals surface area contributed by atoms with Crippen molar-refractivity contribution in [1.29, 1.82) is 0 Å². The molecule has 4 heterocycles. The van der Waals surface area contributed by atoms with Crippen LogP contribution in [0.2, 0.25) is 0 Å². The van der Waals surface area contributed by atoms with Crippen LogP contribution >= 0.6 is 11.3 Å². The molecule has 0 bridgehead atoms. The van der Waals surface area contributed by atoms with Crippen LogP contribution in [0, 0.1) is 5.92 Å². The van der Waals surface area contributed by atoms with Gasteiger partial charge in [0, 0.05) is 59.1 Å². The predicted molar refractivity (Wildman–Crippen MR) is 266 cm³/mol. The molecule has 1 N–H and O–H groups in total. The lowest BCUT2D eigenvalue weighted by molar-refractivity contribution is 0.533. The van der Waals surface area contributed by atoms with Gasteiger partial charge in [-0.05, 0) is 59.0 Å². The topological polar surface area (TPSA) is 74.6 Å². The first-order valence-electron chi connectivity index (χ1n) is 21.9. The number of hydrogen-bond acceptors (Lipinski definition) is 7. The molecule has 10 aromatic rings. The van der Waals surface area contributed by atoms with Gasteiger partial charge in [0.2, 0.25) is 0 Å². The SMILES string of the molecule is CCC1C(c2cccc3c2sc2ccc(-c4ccc5oc6cccc(C7=NC(c8ccccc8)NC(c8ccccc8)=N7)c6c5c4)cc23)=NC(c2ccccc2)=NC1c1ccccc1. The number of hydrogen-bond donors (Lipinski definition) is 1. The van der Waals surface area contributed by atoms with E-state index in [9.17, 15) is 0 Å². The highest BCUT2D eigenvalue weighted by atomic mass is 32.1. The van der Waals surface area contributed by atoms with Crippen LogP contribution in [0.3, 0.4) is 0 Å². The number of rotatable bonds is 8. The molecule has 8 aromatic carbocycles. The fourth-order valence-electron chi connectivity index (χ4n) is 9.45. The first kappa shape index (κ1) is 38.0. The molecule has 3 atom stereocenters. The van der Waals surface area contributed by atoms with E-state index in [1.165, 1.54) is 31.3 Å². The van der Waals surface area contributed by atoms with E-state index < -0.39 is 0 Å². The fraction of sp³-hybridized carbons (Fsp3) is 0.0877. The van der Waals surface area contributed by atoms with E-state index in [-0.39, 0.29) is 18.1 Å². The Morgan fingerprint density at radius 2 is 1.17 bits per heavy atom. The summed E-state index contributed by atoms with van der Waals surface area (Å²) in [5.74, 6) is 2.35. The minimum absolute atomic E-state index is 0.0376. The van der Waals surface area contributed by atoms with Crippen LogP contribution in [-0.2, 0) is 0 Å². The van der Waals surface area contributed by atoms with Gasteiger partial charge in [-0.25, -0.2) is 15.0 Å². The highest BCUT2D eigenvalue weighted by molar-refractivity contribution is 7.26. The highest BCUT2D eigenvalue weighted by Crippen LogP contribution is 2.43. The molecule has 0 fully saturated rings. The van der Waals surface area contributed by atoms with Crippen molar-refractivity contribution >= 4 is 76.7 Å². The number of amidine groups is 3. The Kier molecular flexibility index (Phi) is 9.42. The van der Waals surface area contributed by atoms with E-state index in [4.69, 9.17) is 24.4 Å². The maximum absolute atomic E-state index is 6.54. The van der Waals surface area contributed by atoms with Crippen LogP contribution in [0.15, 0.2) is 219 Å². The molecular weight excluding hydrogens is 803 g/mol. The van der Waals surface area contributed by atoms with Gasteiger partial charge in [-0.1, -0.05) is 171 Å². The third kappa shape index (κ3) is 6.64. The van der Waals surface area contributed by atoms with Crippen molar-refractivity contribution in [3.05, 3.63) is 228 Å². The predicted octanol–water partition coefficient (Wildman–Crippen LogP) is 14.1. The average Bonchev–Trinajstić information content (AvgIpc) is 3.95. The molecule has 0 saturated heterocycles. The number of fused-ring (bicyclic) bond motifs is 6. The molecule has 64 heavy (non-hydrogen) atoms. The molecule has 12 rings (SSSR count). The van der Waals surface area contributed by atoms with Crippen molar-refractivity contribution in [3.63, 3.8) is 0 Å². The van der Waals surface area contributed by atoms with Crippen molar-refractivity contribution in [1.82, 2.24) is 5.32 Å². The smallest absolute Gasteiger partial charge is 0.160 e. The van der Waals surface area contributed by atoms with E-state index >= 15 is 0 Å². The van der Waals surface area contributed by atoms with Gasteiger partial charge in [-0.3, -0.25) is 4.99 Å². The fourth-order valence-corrected chi connectivity index (χ4v) is 10.7. The molecule has 2 aliphatic rings. The Labute approximate surface area is 374 Å². The maximum atomic E-state index is 6.54. The standard InChI is InChI=1S/C57H41N5OS/c1-2-41-51(35-17-7-3-8-18-35)58-54(36-19-9-4-10-20-36)59-52(41)44-27-15-25-42-45-33-40(30-32-49(45)64-53(42)44)39-29-31-47-46(34-39)50-43(26-16-28-48(50)63-47)57-61-55(37-21-11-5-12-22-37)60-56(62-57)38-23-13-6-14-24-38/h3-34,41,51,55H,2H2,1H3,(H,60,61,62). The number of aliphatic imine (C=N–C) groups is 4. The third-order valence-corrected chi connectivity index (χ3v) is 13.8. The van der Waals surface area contributed by atoms with Crippen molar-refractivity contribution in [2.45, 2.75) is 25.6 Å². The number of nitrogens with one attached hydrogen (secondary N) is 1. The summed E-state index contributed by atoms with van der Waals surface area (Å²) in [4.78, 5) is 21.1. The molecule has 0 spiro atoms. The van der Waals surface area contributed by atoms with Gasteiger partial charge >= 0.3 is 0 Å². The normalized spacial score (nSPS) is 17.5. The number of furan rings is 1. The molecule has 6 nitrogen and oxygen atoms in total. The van der Waals surface area contributed by atoms with Gasteiger partial charge in [-0.2, -0.15) is 0 Å². The number of nitrogens with zero attached hydrogens (tertiary/aromatic N) is 4. The minimum Gasteiger partial charge on any atom is -0.456 e. The highest BCUT2D eigenvalue weighted by Gasteiger charge is 2.33. The number of benzene rings is 8. The molecule has 306 valence electrons. The van der Waals surface area contributed by atoms with Crippen LogP contribution in [-0.4, -0.2) is 23.2 Å². The Bertz CT molecular complexity index is 3520. The second-order valence-electron chi connectivity index (χ2n) is 16.4. The summed E-state index contributed by atoms with van der Waals surface area (Å²) in [7, 11) is 0. The van der Waals surface area contributed by atoms with E-state index in [0.29, 0.717) is 5.84 Å². The summed E-state index contributed by atoms with van der Waals surface area (Å²) in [6.07, 6.45) is 0.614. The van der Waals surface area contributed by atoms with Crippen LogP contribution < -0.4 is 5.32 Å². The third-order valence-electron chi connectivity index (χ3n) is 12.6. The summed E-state index contributed by atoms with van der Waals surface area (Å²) >= 11 is 1.85. The summed E-state index contributed by atoms with van der Waals surface area (Å²) in [6.45, 7) is 2.26. The van der Waals surface area contributed by atoms with Gasteiger partial charge < -0.3 is 9.73 Å². The largest absolute Gasteiger partial charge is 0.456 e. The van der Waals surface area contributed by atoms with Crippen LogP contribution in [0.5, 0.6) is 0 Å². The van der Waals surface area contributed by atoms with Crippen LogP contribution in [0.25, 0.3) is 53.2 Å². The van der Waals surface area contributed by atoms with Crippen LogP contribution in [0.1, 0.15) is 58.9 Å². The Balaban J connectivity index is 0.967. The van der Waals surface area contributed by atoms with Gasteiger partial charge in [-0.15, -0.1) is 11.3 Å². The Morgan fingerprint density at radius 1 is 0.516 bits per heavy atom. The summed E-state index contributed by atoms with van der Waals surface area (Å²) < 4.78 is 9.03. The molecular formula is C57H41N5OS. The summed E-state index contributed by atoms with van der Waals surface area (Å²) in [5.41, 5.74) is 11.4. The number of thiophene rings is 1. The van der Waals surface area contributed by atoms with Gasteiger partial charge in [0.25, 0.3) is 0 Å². The molecule has 0 amide bonds. The van der Waals surface area contributed by atoms with Crippen molar-refractivity contribution in [2.75, 3.05) is 0 Å².